The van der Waals surface area contributed by atoms with Crippen LogP contribution in [0.1, 0.15) is 77.6 Å². The van der Waals surface area contributed by atoms with E-state index in [1.165, 1.54) is 66.4 Å². The van der Waals surface area contributed by atoms with Crippen LogP contribution in [0.15, 0.2) is 156 Å². The molecule has 2 nitrogen and oxygen atoms in total. The van der Waals surface area contributed by atoms with Gasteiger partial charge in [-0.25, -0.2) is 0 Å². The van der Waals surface area contributed by atoms with Gasteiger partial charge in [0.25, 0.3) is 0 Å². The summed E-state index contributed by atoms with van der Waals surface area (Å²) in [5, 5.41) is 2.41. The molecule has 0 atom stereocenters. The Balaban J connectivity index is 1.18. The molecule has 0 amide bonds. The SMILES string of the molecule is CC(C)(C)c1cc(C(C)(C)C)c2oc3cc4c(cc3c2c1)C(C)(C)c1cc(N(c2ccc(-c3ccccc3)cc2)c2ccc(-c3ccccc3)cc2)ccc1-4. The number of hydrogen-bond donors (Lipinski definition) is 0. The van der Waals surface area contributed by atoms with E-state index in [0.29, 0.717) is 0 Å². The molecule has 9 rings (SSSR count). The van der Waals surface area contributed by atoms with Gasteiger partial charge in [-0.3, -0.25) is 0 Å². The van der Waals surface area contributed by atoms with Crippen LogP contribution in [0.4, 0.5) is 17.1 Å². The Bertz CT molecular complexity index is 2620. The standard InChI is InChI=1S/C53H49NO/c1-51(2,3)38-29-45-44-32-47-43(33-49(44)55-50(45)48(30-38)52(4,5)6)42-28-27-41(31-46(42)53(47,7)8)54(39-23-19-36(20-24-39)34-15-11-9-12-16-34)40-25-21-37(22-26-40)35-17-13-10-14-18-35/h9-33H,1-8H3. The van der Waals surface area contributed by atoms with Gasteiger partial charge in [0.05, 0.1) is 0 Å². The molecule has 272 valence electrons. The average Bonchev–Trinajstić information content (AvgIpc) is 3.65. The third-order valence-corrected chi connectivity index (χ3v) is 11.7. The first-order chi connectivity index (χ1) is 26.3. The Morgan fingerprint density at radius 3 is 1.49 bits per heavy atom. The van der Waals surface area contributed by atoms with Crippen LogP contribution in [-0.2, 0) is 16.2 Å². The van der Waals surface area contributed by atoms with Crippen LogP contribution in [0.25, 0.3) is 55.3 Å². The summed E-state index contributed by atoms with van der Waals surface area (Å²) in [5.74, 6) is 0. The van der Waals surface area contributed by atoms with Gasteiger partial charge in [0.2, 0.25) is 0 Å². The van der Waals surface area contributed by atoms with E-state index in [1.807, 2.05) is 0 Å². The van der Waals surface area contributed by atoms with Crippen molar-refractivity contribution < 1.29 is 4.42 Å². The highest BCUT2D eigenvalue weighted by molar-refractivity contribution is 6.09. The minimum atomic E-state index is -0.215. The summed E-state index contributed by atoms with van der Waals surface area (Å²) >= 11 is 0. The van der Waals surface area contributed by atoms with Gasteiger partial charge in [0.1, 0.15) is 11.2 Å². The highest BCUT2D eigenvalue weighted by Crippen LogP contribution is 2.53. The molecular formula is C53H49NO. The zero-order valence-corrected chi connectivity index (χ0v) is 33.3. The minimum Gasteiger partial charge on any atom is -0.456 e. The number of rotatable bonds is 5. The second kappa shape index (κ2) is 12.6. The molecular weight excluding hydrogens is 667 g/mol. The van der Waals surface area contributed by atoms with Crippen LogP contribution >= 0.6 is 0 Å². The molecule has 1 aromatic heterocycles. The van der Waals surface area contributed by atoms with Gasteiger partial charge < -0.3 is 9.32 Å². The molecule has 55 heavy (non-hydrogen) atoms. The van der Waals surface area contributed by atoms with E-state index < -0.39 is 0 Å². The molecule has 0 unspecified atom stereocenters. The second-order valence-corrected chi connectivity index (χ2v) is 17.9. The topological polar surface area (TPSA) is 16.4 Å². The lowest BCUT2D eigenvalue weighted by atomic mass is 9.79. The van der Waals surface area contributed by atoms with E-state index in [9.17, 15) is 0 Å². The third kappa shape index (κ3) is 5.96. The normalized spacial score (nSPS) is 13.6. The maximum absolute atomic E-state index is 6.84. The number of nitrogens with zero attached hydrogens (tertiary/aromatic N) is 1. The molecule has 0 fully saturated rings. The lowest BCUT2D eigenvalue weighted by Gasteiger charge is -2.28. The van der Waals surface area contributed by atoms with E-state index in [2.05, 4.69) is 212 Å². The van der Waals surface area contributed by atoms with Gasteiger partial charge in [0.15, 0.2) is 0 Å². The molecule has 1 heterocycles. The van der Waals surface area contributed by atoms with E-state index >= 15 is 0 Å². The van der Waals surface area contributed by atoms with E-state index in [-0.39, 0.29) is 16.2 Å². The molecule has 7 aromatic carbocycles. The second-order valence-electron chi connectivity index (χ2n) is 17.9. The van der Waals surface area contributed by atoms with Crippen LogP contribution in [0, 0.1) is 0 Å². The van der Waals surface area contributed by atoms with Crippen molar-refractivity contribution in [1.82, 2.24) is 0 Å². The van der Waals surface area contributed by atoms with Crippen molar-refractivity contribution in [1.29, 1.82) is 0 Å². The Kier molecular flexibility index (Phi) is 7.99. The fourth-order valence-electron chi connectivity index (χ4n) is 8.54. The number of furan rings is 1. The summed E-state index contributed by atoms with van der Waals surface area (Å²) < 4.78 is 6.84. The van der Waals surface area contributed by atoms with E-state index in [0.717, 1.165) is 28.2 Å². The fraction of sp³-hybridized carbons (Fsp3) is 0.208. The Morgan fingerprint density at radius 1 is 0.455 bits per heavy atom. The van der Waals surface area contributed by atoms with E-state index in [4.69, 9.17) is 4.42 Å². The first-order valence-corrected chi connectivity index (χ1v) is 19.6. The largest absolute Gasteiger partial charge is 0.456 e. The van der Waals surface area contributed by atoms with Crippen LogP contribution in [0.5, 0.6) is 0 Å². The van der Waals surface area contributed by atoms with Crippen LogP contribution in [-0.4, -0.2) is 0 Å². The third-order valence-electron chi connectivity index (χ3n) is 11.7. The Labute approximate surface area is 326 Å². The lowest BCUT2D eigenvalue weighted by molar-refractivity contribution is 0.559. The molecule has 2 heteroatoms. The van der Waals surface area contributed by atoms with Crippen molar-refractivity contribution in [3.63, 3.8) is 0 Å². The van der Waals surface area contributed by atoms with Crippen molar-refractivity contribution in [2.45, 2.75) is 71.6 Å². The monoisotopic (exact) mass is 715 g/mol. The summed E-state index contributed by atoms with van der Waals surface area (Å²) in [5.41, 5.74) is 17.8. The summed E-state index contributed by atoms with van der Waals surface area (Å²) in [6.07, 6.45) is 0. The molecule has 0 saturated heterocycles. The zero-order chi connectivity index (χ0) is 38.3. The molecule has 0 N–H and O–H groups in total. The van der Waals surface area contributed by atoms with E-state index in [1.54, 1.807) is 0 Å². The number of anilines is 3. The molecule has 0 saturated carbocycles. The molecule has 8 aromatic rings. The molecule has 1 aliphatic carbocycles. The smallest absolute Gasteiger partial charge is 0.139 e. The quantitative estimate of drug-likeness (QED) is 0.176. The van der Waals surface area contributed by atoms with Gasteiger partial charge in [-0.2, -0.15) is 0 Å². The van der Waals surface area contributed by atoms with Gasteiger partial charge in [-0.1, -0.05) is 152 Å². The van der Waals surface area contributed by atoms with Crippen molar-refractivity contribution in [2.75, 3.05) is 4.90 Å². The molecule has 0 aliphatic heterocycles. The fourth-order valence-corrected chi connectivity index (χ4v) is 8.54. The first-order valence-electron chi connectivity index (χ1n) is 19.6. The number of benzene rings is 7. The molecule has 1 aliphatic rings. The Morgan fingerprint density at radius 2 is 0.964 bits per heavy atom. The molecule has 0 bridgehead atoms. The van der Waals surface area contributed by atoms with Gasteiger partial charge in [-0.05, 0) is 115 Å². The molecule has 0 spiro atoms. The summed E-state index contributed by atoms with van der Waals surface area (Å²) in [7, 11) is 0. The lowest BCUT2D eigenvalue weighted by Crippen LogP contribution is -2.17. The summed E-state index contributed by atoms with van der Waals surface area (Å²) in [6.45, 7) is 18.5. The summed E-state index contributed by atoms with van der Waals surface area (Å²) in [4.78, 5) is 2.39. The van der Waals surface area contributed by atoms with Gasteiger partial charge in [-0.15, -0.1) is 0 Å². The predicted octanol–water partition coefficient (Wildman–Crippen LogP) is 15.3. The van der Waals surface area contributed by atoms with Crippen molar-refractivity contribution in [3.8, 4) is 33.4 Å². The van der Waals surface area contributed by atoms with Crippen molar-refractivity contribution >= 4 is 39.0 Å². The average molecular weight is 716 g/mol. The van der Waals surface area contributed by atoms with Gasteiger partial charge >= 0.3 is 0 Å². The number of fused-ring (bicyclic) bond motifs is 6. The highest BCUT2D eigenvalue weighted by atomic mass is 16.3. The first kappa shape index (κ1) is 34.9. The zero-order valence-electron chi connectivity index (χ0n) is 33.3. The minimum absolute atomic E-state index is 0.0238. The van der Waals surface area contributed by atoms with Crippen molar-refractivity contribution in [2.24, 2.45) is 0 Å². The maximum atomic E-state index is 6.84. The van der Waals surface area contributed by atoms with Gasteiger partial charge in [0, 0.05) is 38.8 Å². The van der Waals surface area contributed by atoms with Crippen LogP contribution in [0.2, 0.25) is 0 Å². The summed E-state index contributed by atoms with van der Waals surface area (Å²) in [6, 6.07) is 55.6. The maximum Gasteiger partial charge on any atom is 0.139 e. The van der Waals surface area contributed by atoms with Crippen LogP contribution < -0.4 is 4.90 Å². The predicted molar refractivity (Wildman–Crippen MR) is 234 cm³/mol. The highest BCUT2D eigenvalue weighted by Gasteiger charge is 2.37. The number of hydrogen-bond acceptors (Lipinski definition) is 2. The molecule has 0 radical (unpaired) electrons. The van der Waals surface area contributed by atoms with Crippen LogP contribution in [0.3, 0.4) is 0 Å². The van der Waals surface area contributed by atoms with Crippen molar-refractivity contribution in [3.05, 3.63) is 174 Å². The Hall–Kier alpha value is -5.86.